The first-order chi connectivity index (χ1) is 11.5. The zero-order chi connectivity index (χ0) is 18.8. The number of rotatable bonds is 5. The molecular formula is C19H27F3O2S. The van der Waals surface area contributed by atoms with E-state index in [4.69, 9.17) is 0 Å². The van der Waals surface area contributed by atoms with Crippen molar-refractivity contribution in [2.45, 2.75) is 64.0 Å². The maximum atomic E-state index is 13.7. The van der Waals surface area contributed by atoms with Crippen LogP contribution in [0.1, 0.15) is 58.4 Å². The lowest BCUT2D eigenvalue weighted by Gasteiger charge is -2.30. The minimum Gasteiger partial charge on any atom is -0.228 e. The standard InChI is InChI=1S/C19H27F3O2S/c1-19(2,3)25(23,24)12-14-6-4-13(5-7-14)8-9-15-10-11-16(20)18(22)17(15)21/h10-11,13-14H,4-9,12H2,1-3H3. The highest BCUT2D eigenvalue weighted by Crippen LogP contribution is 2.34. The maximum Gasteiger partial charge on any atom is 0.194 e. The van der Waals surface area contributed by atoms with Crippen LogP contribution in [0.5, 0.6) is 0 Å². The molecule has 0 aromatic heterocycles. The van der Waals surface area contributed by atoms with Gasteiger partial charge in [0.15, 0.2) is 27.3 Å². The van der Waals surface area contributed by atoms with Crippen molar-refractivity contribution in [3.63, 3.8) is 0 Å². The fourth-order valence-corrected chi connectivity index (χ4v) is 4.82. The lowest BCUT2D eigenvalue weighted by Crippen LogP contribution is -2.34. The summed E-state index contributed by atoms with van der Waals surface area (Å²) in [6, 6.07) is 2.26. The van der Waals surface area contributed by atoms with Crippen LogP contribution in [0.15, 0.2) is 12.1 Å². The smallest absolute Gasteiger partial charge is 0.194 e. The molecule has 0 heterocycles. The molecule has 1 aromatic carbocycles. The molecule has 25 heavy (non-hydrogen) atoms. The van der Waals surface area contributed by atoms with Gasteiger partial charge >= 0.3 is 0 Å². The van der Waals surface area contributed by atoms with Gasteiger partial charge in [-0.15, -0.1) is 0 Å². The summed E-state index contributed by atoms with van der Waals surface area (Å²) in [7, 11) is -3.11. The van der Waals surface area contributed by atoms with Crippen molar-refractivity contribution in [3.05, 3.63) is 35.1 Å². The fourth-order valence-electron chi connectivity index (χ4n) is 3.37. The summed E-state index contributed by atoms with van der Waals surface area (Å²) in [6.07, 6.45) is 4.57. The lowest BCUT2D eigenvalue weighted by molar-refractivity contribution is 0.277. The molecular weight excluding hydrogens is 349 g/mol. The van der Waals surface area contributed by atoms with Gasteiger partial charge in [0, 0.05) is 0 Å². The third-order valence-corrected chi connectivity index (χ3v) is 8.07. The molecule has 0 unspecified atom stereocenters. The van der Waals surface area contributed by atoms with Gasteiger partial charge in [-0.1, -0.05) is 18.9 Å². The lowest BCUT2D eigenvalue weighted by atomic mass is 9.80. The average molecular weight is 376 g/mol. The van der Waals surface area contributed by atoms with Crippen LogP contribution >= 0.6 is 0 Å². The van der Waals surface area contributed by atoms with Crippen molar-refractivity contribution in [1.29, 1.82) is 0 Å². The molecule has 142 valence electrons. The molecule has 6 heteroatoms. The van der Waals surface area contributed by atoms with Gasteiger partial charge in [0.1, 0.15) is 0 Å². The number of hydrogen-bond donors (Lipinski definition) is 0. The van der Waals surface area contributed by atoms with E-state index in [1.165, 1.54) is 6.07 Å². The predicted molar refractivity (Wildman–Crippen MR) is 93.6 cm³/mol. The van der Waals surface area contributed by atoms with E-state index >= 15 is 0 Å². The van der Waals surface area contributed by atoms with E-state index in [-0.39, 0.29) is 17.2 Å². The Balaban J connectivity index is 1.84. The summed E-state index contributed by atoms with van der Waals surface area (Å²) < 4.78 is 63.8. The van der Waals surface area contributed by atoms with Gasteiger partial charge in [-0.25, -0.2) is 21.6 Å². The second-order valence-corrected chi connectivity index (χ2v) is 10.9. The predicted octanol–water partition coefficient (Wildman–Crippen LogP) is 5.06. The molecule has 1 aliphatic carbocycles. The largest absolute Gasteiger partial charge is 0.228 e. The highest BCUT2D eigenvalue weighted by Gasteiger charge is 2.33. The Hall–Kier alpha value is -1.04. The van der Waals surface area contributed by atoms with Crippen molar-refractivity contribution in [3.8, 4) is 0 Å². The van der Waals surface area contributed by atoms with Gasteiger partial charge in [-0.3, -0.25) is 0 Å². The first kappa shape index (κ1) is 20.3. The average Bonchev–Trinajstić information content (AvgIpc) is 2.52. The summed E-state index contributed by atoms with van der Waals surface area (Å²) >= 11 is 0. The van der Waals surface area contributed by atoms with Gasteiger partial charge in [0.2, 0.25) is 0 Å². The van der Waals surface area contributed by atoms with Crippen LogP contribution in [0.25, 0.3) is 0 Å². The van der Waals surface area contributed by atoms with Crippen molar-refractivity contribution >= 4 is 9.84 Å². The van der Waals surface area contributed by atoms with Crippen LogP contribution in [-0.4, -0.2) is 18.9 Å². The molecule has 0 radical (unpaired) electrons. The second-order valence-electron chi connectivity index (χ2n) is 8.15. The Labute approximate surface area is 148 Å². The summed E-state index contributed by atoms with van der Waals surface area (Å²) in [5.41, 5.74) is 0.205. The Morgan fingerprint density at radius 1 is 0.960 bits per heavy atom. The molecule has 1 saturated carbocycles. The molecule has 1 fully saturated rings. The normalized spacial score (nSPS) is 22.2. The van der Waals surface area contributed by atoms with Crippen molar-refractivity contribution in [1.82, 2.24) is 0 Å². The Morgan fingerprint density at radius 2 is 1.52 bits per heavy atom. The monoisotopic (exact) mass is 376 g/mol. The number of hydrogen-bond acceptors (Lipinski definition) is 2. The Bertz CT molecular complexity index is 700. The summed E-state index contributed by atoms with van der Waals surface area (Å²) in [5, 5.41) is 0. The van der Waals surface area contributed by atoms with E-state index < -0.39 is 32.0 Å². The van der Waals surface area contributed by atoms with Crippen LogP contribution < -0.4 is 0 Å². The van der Waals surface area contributed by atoms with Gasteiger partial charge in [0.05, 0.1) is 10.5 Å². The molecule has 1 aliphatic rings. The third-order valence-electron chi connectivity index (χ3n) is 5.29. The van der Waals surface area contributed by atoms with E-state index in [0.717, 1.165) is 31.7 Å². The first-order valence-corrected chi connectivity index (χ1v) is 10.5. The van der Waals surface area contributed by atoms with Crippen LogP contribution in [0.3, 0.4) is 0 Å². The third kappa shape index (κ3) is 4.99. The molecule has 0 amide bonds. The summed E-state index contributed by atoms with van der Waals surface area (Å²) in [4.78, 5) is 0. The van der Waals surface area contributed by atoms with Crippen molar-refractivity contribution < 1.29 is 21.6 Å². The SMILES string of the molecule is CC(C)(C)S(=O)(=O)CC1CCC(CCc2ccc(F)c(F)c2F)CC1. The molecule has 1 aromatic rings. The summed E-state index contributed by atoms with van der Waals surface area (Å²) in [5.74, 6) is -2.89. The van der Waals surface area contributed by atoms with Crippen LogP contribution in [0.4, 0.5) is 13.2 Å². The summed E-state index contributed by atoms with van der Waals surface area (Å²) in [6.45, 7) is 5.18. The Kier molecular flexibility index (Phi) is 6.23. The van der Waals surface area contributed by atoms with E-state index in [2.05, 4.69) is 0 Å². The van der Waals surface area contributed by atoms with Crippen LogP contribution in [0.2, 0.25) is 0 Å². The molecule has 2 nitrogen and oxygen atoms in total. The minimum atomic E-state index is -3.11. The van der Waals surface area contributed by atoms with Crippen molar-refractivity contribution in [2.75, 3.05) is 5.75 Å². The molecule has 0 saturated heterocycles. The minimum absolute atomic E-state index is 0.181. The van der Waals surface area contributed by atoms with Crippen LogP contribution in [-0.2, 0) is 16.3 Å². The quantitative estimate of drug-likeness (QED) is 0.674. The highest BCUT2D eigenvalue weighted by molar-refractivity contribution is 7.92. The topological polar surface area (TPSA) is 34.1 Å². The number of aryl methyl sites for hydroxylation is 1. The van der Waals surface area contributed by atoms with E-state index in [9.17, 15) is 21.6 Å². The fraction of sp³-hybridized carbons (Fsp3) is 0.684. The maximum absolute atomic E-state index is 13.7. The molecule has 0 bridgehead atoms. The Morgan fingerprint density at radius 3 is 2.08 bits per heavy atom. The van der Waals surface area contributed by atoms with E-state index in [0.29, 0.717) is 18.8 Å². The molecule has 0 atom stereocenters. The van der Waals surface area contributed by atoms with E-state index in [1.54, 1.807) is 20.8 Å². The highest BCUT2D eigenvalue weighted by atomic mass is 32.2. The molecule has 2 rings (SSSR count). The number of sulfone groups is 1. The van der Waals surface area contributed by atoms with Crippen LogP contribution in [0, 0.1) is 29.3 Å². The first-order valence-electron chi connectivity index (χ1n) is 8.86. The van der Waals surface area contributed by atoms with Gasteiger partial charge in [-0.2, -0.15) is 0 Å². The van der Waals surface area contributed by atoms with Gasteiger partial charge < -0.3 is 0 Å². The van der Waals surface area contributed by atoms with Gasteiger partial charge in [0.25, 0.3) is 0 Å². The second kappa shape index (κ2) is 7.68. The molecule has 0 N–H and O–H groups in total. The van der Waals surface area contributed by atoms with Gasteiger partial charge in [-0.05, 0) is 69.9 Å². The zero-order valence-corrected chi connectivity index (χ0v) is 15.9. The molecule has 0 aliphatic heterocycles. The zero-order valence-electron chi connectivity index (χ0n) is 15.1. The number of benzene rings is 1. The van der Waals surface area contributed by atoms with Crippen molar-refractivity contribution in [2.24, 2.45) is 11.8 Å². The number of halogens is 3. The molecule has 0 spiro atoms. The van der Waals surface area contributed by atoms with E-state index in [1.807, 2.05) is 0 Å².